The van der Waals surface area contributed by atoms with Gasteiger partial charge in [-0.25, -0.2) is 18.2 Å². The molecule has 1 fully saturated rings. The van der Waals surface area contributed by atoms with Crippen molar-refractivity contribution in [2.75, 3.05) is 22.7 Å². The Kier molecular flexibility index (Phi) is 5.34. The quantitative estimate of drug-likeness (QED) is 0.636. The number of aromatic amines is 1. The standard InChI is InChI=1S/C21H25N5O4S/c1-13-8-14(2)12-26(11-13)19-7-4-15(10-22-19)24-31(29,30)16-5-6-18-17(9-16)20(27)23-21(28)25(18)3/h4-7,9-10,13-14,24H,8,11-12H2,1-3H3,(H,23,27,28)/t13-,14-/m1/s1. The zero-order valence-electron chi connectivity index (χ0n) is 17.6. The minimum Gasteiger partial charge on any atom is -0.356 e. The van der Waals surface area contributed by atoms with Gasteiger partial charge in [-0.2, -0.15) is 0 Å². The van der Waals surface area contributed by atoms with E-state index in [1.54, 1.807) is 6.07 Å². The Morgan fingerprint density at radius 2 is 1.81 bits per heavy atom. The first-order chi connectivity index (χ1) is 14.6. The van der Waals surface area contributed by atoms with E-state index in [4.69, 9.17) is 0 Å². The van der Waals surface area contributed by atoms with Crippen LogP contribution in [0.25, 0.3) is 10.9 Å². The number of benzene rings is 1. The fourth-order valence-corrected chi connectivity index (χ4v) is 5.28. The van der Waals surface area contributed by atoms with E-state index in [1.165, 1.54) is 42.4 Å². The van der Waals surface area contributed by atoms with Crippen molar-refractivity contribution in [3.8, 4) is 0 Å². The fourth-order valence-electron chi connectivity index (χ4n) is 4.21. The molecular formula is C21H25N5O4S. The predicted octanol–water partition coefficient (Wildman–Crippen LogP) is 1.90. The number of hydrogen-bond acceptors (Lipinski definition) is 6. The van der Waals surface area contributed by atoms with E-state index < -0.39 is 21.3 Å². The first kappa shape index (κ1) is 21.1. The first-order valence-electron chi connectivity index (χ1n) is 10.1. The van der Waals surface area contributed by atoms with Crippen LogP contribution in [0.1, 0.15) is 20.3 Å². The molecule has 2 N–H and O–H groups in total. The third kappa shape index (κ3) is 4.20. The van der Waals surface area contributed by atoms with Crippen LogP contribution in [0.4, 0.5) is 11.5 Å². The molecule has 1 aromatic carbocycles. The number of aromatic nitrogens is 3. The van der Waals surface area contributed by atoms with Crippen molar-refractivity contribution < 1.29 is 8.42 Å². The topological polar surface area (TPSA) is 117 Å². The number of nitrogens with one attached hydrogen (secondary N) is 2. The third-order valence-corrected chi connectivity index (χ3v) is 6.98. The molecule has 31 heavy (non-hydrogen) atoms. The van der Waals surface area contributed by atoms with Crippen LogP contribution in [0.2, 0.25) is 0 Å². The number of piperidine rings is 1. The van der Waals surface area contributed by atoms with E-state index in [0.717, 1.165) is 18.9 Å². The summed E-state index contributed by atoms with van der Waals surface area (Å²) >= 11 is 0. The number of rotatable bonds is 4. The number of H-pyrrole nitrogens is 1. The maximum absolute atomic E-state index is 12.9. The van der Waals surface area contributed by atoms with E-state index in [1.807, 2.05) is 6.07 Å². The lowest BCUT2D eigenvalue weighted by atomic mass is 9.92. The molecule has 2 aromatic heterocycles. The minimum absolute atomic E-state index is 0.0769. The maximum atomic E-state index is 12.9. The normalized spacial score (nSPS) is 19.5. The molecular weight excluding hydrogens is 418 g/mol. The molecule has 0 unspecified atom stereocenters. The van der Waals surface area contributed by atoms with Gasteiger partial charge in [0, 0.05) is 20.1 Å². The van der Waals surface area contributed by atoms with Gasteiger partial charge in [0.05, 0.1) is 27.7 Å². The van der Waals surface area contributed by atoms with Crippen molar-refractivity contribution in [3.05, 3.63) is 57.4 Å². The number of anilines is 2. The van der Waals surface area contributed by atoms with E-state index in [9.17, 15) is 18.0 Å². The molecule has 0 saturated carbocycles. The van der Waals surface area contributed by atoms with Crippen molar-refractivity contribution in [1.82, 2.24) is 14.5 Å². The van der Waals surface area contributed by atoms with Gasteiger partial charge in [-0.1, -0.05) is 13.8 Å². The van der Waals surface area contributed by atoms with Crippen molar-refractivity contribution in [2.24, 2.45) is 18.9 Å². The van der Waals surface area contributed by atoms with Crippen LogP contribution in [-0.2, 0) is 17.1 Å². The van der Waals surface area contributed by atoms with Gasteiger partial charge < -0.3 is 4.90 Å². The van der Waals surface area contributed by atoms with E-state index in [0.29, 0.717) is 23.0 Å². The molecule has 3 heterocycles. The Balaban J connectivity index is 1.59. The highest BCUT2D eigenvalue weighted by Gasteiger charge is 2.23. The molecule has 0 spiro atoms. The molecule has 2 atom stereocenters. The summed E-state index contributed by atoms with van der Waals surface area (Å²) in [6, 6.07) is 7.56. The number of pyridine rings is 1. The number of nitrogens with zero attached hydrogens (tertiary/aromatic N) is 3. The predicted molar refractivity (Wildman–Crippen MR) is 120 cm³/mol. The molecule has 3 aromatic rings. The van der Waals surface area contributed by atoms with E-state index in [-0.39, 0.29) is 10.3 Å². The fraction of sp³-hybridized carbons (Fsp3) is 0.381. The summed E-state index contributed by atoms with van der Waals surface area (Å²) in [5, 5.41) is 0.117. The Morgan fingerprint density at radius 1 is 1.10 bits per heavy atom. The second kappa shape index (κ2) is 7.84. The molecule has 0 aliphatic carbocycles. The number of hydrogen-bond donors (Lipinski definition) is 2. The lowest BCUT2D eigenvalue weighted by Gasteiger charge is -2.35. The van der Waals surface area contributed by atoms with Crippen LogP contribution in [0, 0.1) is 11.8 Å². The lowest BCUT2D eigenvalue weighted by molar-refractivity contribution is 0.355. The monoisotopic (exact) mass is 443 g/mol. The van der Waals surface area contributed by atoms with Gasteiger partial charge in [0.1, 0.15) is 5.82 Å². The summed E-state index contributed by atoms with van der Waals surface area (Å²) in [7, 11) is -2.44. The molecule has 0 bridgehead atoms. The molecule has 0 radical (unpaired) electrons. The molecule has 0 amide bonds. The molecule has 4 rings (SSSR count). The largest absolute Gasteiger partial charge is 0.356 e. The van der Waals surface area contributed by atoms with Crippen LogP contribution in [0.15, 0.2) is 51.0 Å². The van der Waals surface area contributed by atoms with Gasteiger partial charge in [0.15, 0.2) is 0 Å². The summed E-state index contributed by atoms with van der Waals surface area (Å²) in [5.74, 6) is 1.98. The molecule has 9 nitrogen and oxygen atoms in total. The van der Waals surface area contributed by atoms with Crippen molar-refractivity contribution >= 4 is 32.4 Å². The average Bonchev–Trinajstić information content (AvgIpc) is 2.71. The van der Waals surface area contributed by atoms with Gasteiger partial charge in [-0.15, -0.1) is 0 Å². The highest BCUT2D eigenvalue weighted by Crippen LogP contribution is 2.26. The number of sulfonamides is 1. The molecule has 1 aliphatic heterocycles. The van der Waals surface area contributed by atoms with Gasteiger partial charge in [-0.05, 0) is 48.6 Å². The molecule has 164 valence electrons. The van der Waals surface area contributed by atoms with Crippen LogP contribution in [0.3, 0.4) is 0 Å². The highest BCUT2D eigenvalue weighted by atomic mass is 32.2. The summed E-state index contributed by atoms with van der Waals surface area (Å²) in [6.07, 6.45) is 2.69. The number of aryl methyl sites for hydroxylation is 1. The summed E-state index contributed by atoms with van der Waals surface area (Å²) < 4.78 is 29.5. The average molecular weight is 444 g/mol. The Labute approximate surface area is 179 Å². The van der Waals surface area contributed by atoms with Crippen LogP contribution in [0.5, 0.6) is 0 Å². The number of fused-ring (bicyclic) bond motifs is 1. The summed E-state index contributed by atoms with van der Waals surface area (Å²) in [4.78, 5) is 32.6. The second-order valence-electron chi connectivity index (χ2n) is 8.36. The maximum Gasteiger partial charge on any atom is 0.328 e. The van der Waals surface area contributed by atoms with Gasteiger partial charge in [0.2, 0.25) is 0 Å². The van der Waals surface area contributed by atoms with Crippen molar-refractivity contribution in [2.45, 2.75) is 25.2 Å². The minimum atomic E-state index is -3.94. The molecule has 1 aliphatic rings. The Bertz CT molecular complexity index is 1330. The van der Waals surface area contributed by atoms with Crippen LogP contribution in [-0.4, -0.2) is 36.0 Å². The third-order valence-electron chi connectivity index (χ3n) is 5.60. The van der Waals surface area contributed by atoms with Gasteiger partial charge in [0.25, 0.3) is 15.6 Å². The van der Waals surface area contributed by atoms with E-state index in [2.05, 4.69) is 33.4 Å². The lowest BCUT2D eigenvalue weighted by Crippen LogP contribution is -2.39. The van der Waals surface area contributed by atoms with Crippen LogP contribution >= 0.6 is 0 Å². The SMILES string of the molecule is C[C@@H]1C[C@@H](C)CN(c2ccc(NS(=O)(=O)c3ccc4c(c3)c(=O)[nH]c(=O)n4C)cn2)C1. The van der Waals surface area contributed by atoms with E-state index >= 15 is 0 Å². The van der Waals surface area contributed by atoms with Crippen LogP contribution < -0.4 is 20.9 Å². The zero-order valence-corrected chi connectivity index (χ0v) is 18.4. The Hall–Kier alpha value is -3.14. The molecule has 1 saturated heterocycles. The van der Waals surface area contributed by atoms with Crippen molar-refractivity contribution in [3.63, 3.8) is 0 Å². The van der Waals surface area contributed by atoms with Gasteiger partial charge in [-0.3, -0.25) is 19.1 Å². The van der Waals surface area contributed by atoms with Crippen molar-refractivity contribution in [1.29, 1.82) is 0 Å². The molecule has 10 heteroatoms. The smallest absolute Gasteiger partial charge is 0.328 e. The summed E-state index contributed by atoms with van der Waals surface area (Å²) in [6.45, 7) is 6.29. The summed E-state index contributed by atoms with van der Waals surface area (Å²) in [5.41, 5.74) is -0.513. The first-order valence-corrected chi connectivity index (χ1v) is 11.6. The Morgan fingerprint density at radius 3 is 2.45 bits per heavy atom. The van der Waals surface area contributed by atoms with Gasteiger partial charge >= 0.3 is 5.69 Å². The highest BCUT2D eigenvalue weighted by molar-refractivity contribution is 7.92. The zero-order chi connectivity index (χ0) is 22.3. The second-order valence-corrected chi connectivity index (χ2v) is 10.0.